The van der Waals surface area contributed by atoms with Crippen LogP contribution in [-0.2, 0) is 0 Å². The van der Waals surface area contributed by atoms with Gasteiger partial charge in [0.05, 0.1) is 34.2 Å². The highest BCUT2D eigenvalue weighted by atomic mass is 15.0. The van der Waals surface area contributed by atoms with Crippen LogP contribution in [-0.4, -0.2) is 15.7 Å². The molecule has 0 saturated carbocycles. The summed E-state index contributed by atoms with van der Waals surface area (Å²) in [5, 5.41) is 3.65. The fraction of sp³-hybridized carbons (Fsp3) is 0.0645. The largest absolute Gasteiger partial charge is 0.353 e. The number of hydrogen-bond donors (Lipinski definition) is 3. The maximum Gasteiger partial charge on any atom is 0.0894 e. The Morgan fingerprint density at radius 2 is 1.11 bits per heavy atom. The summed E-state index contributed by atoms with van der Waals surface area (Å²) in [4.78, 5) is 12.3. The average molecular weight is 455 g/mol. The van der Waals surface area contributed by atoms with Crippen molar-refractivity contribution in [2.75, 3.05) is 5.32 Å². The number of allylic oxidation sites excluding steroid dienone is 1. The van der Waals surface area contributed by atoms with E-state index in [0.717, 1.165) is 56.7 Å². The van der Waals surface area contributed by atoms with Gasteiger partial charge in [-0.15, -0.1) is 0 Å². The third kappa shape index (κ3) is 4.11. The Morgan fingerprint density at radius 1 is 0.571 bits per heavy atom. The van der Waals surface area contributed by atoms with Crippen LogP contribution in [0.25, 0.3) is 28.2 Å². The van der Waals surface area contributed by atoms with Gasteiger partial charge in [0.15, 0.2) is 0 Å². The summed E-state index contributed by atoms with van der Waals surface area (Å²) in [5.74, 6) is 0. The molecule has 0 saturated heterocycles. The minimum Gasteiger partial charge on any atom is -0.353 e. The molecule has 3 aromatic carbocycles. The van der Waals surface area contributed by atoms with Crippen molar-refractivity contribution in [3.05, 3.63) is 126 Å². The third-order valence-electron chi connectivity index (χ3n) is 6.51. The van der Waals surface area contributed by atoms with Gasteiger partial charge in [-0.25, -0.2) is 4.99 Å². The zero-order valence-corrected chi connectivity index (χ0v) is 19.8. The maximum atomic E-state index is 5.09. The molecular weight excluding hydrogens is 428 g/mol. The topological polar surface area (TPSA) is 56.0 Å². The van der Waals surface area contributed by atoms with Crippen molar-refractivity contribution in [3.8, 4) is 22.5 Å². The molecule has 5 aromatic rings. The summed E-state index contributed by atoms with van der Waals surface area (Å²) in [6, 6.07) is 33.5. The van der Waals surface area contributed by atoms with Crippen molar-refractivity contribution in [2.24, 2.45) is 4.99 Å². The molecule has 4 nitrogen and oxygen atoms in total. The first kappa shape index (κ1) is 21.0. The number of anilines is 1. The first-order chi connectivity index (χ1) is 17.1. The molecule has 3 heterocycles. The molecule has 0 fully saturated rings. The molecule has 0 radical (unpaired) electrons. The molecule has 0 bridgehead atoms. The summed E-state index contributed by atoms with van der Waals surface area (Å²) < 4.78 is 0. The molecule has 0 spiro atoms. The van der Waals surface area contributed by atoms with E-state index in [4.69, 9.17) is 4.99 Å². The van der Waals surface area contributed by atoms with Crippen LogP contribution >= 0.6 is 0 Å². The van der Waals surface area contributed by atoms with Crippen LogP contribution in [0.3, 0.4) is 0 Å². The SMILES string of the molecule is Cc1cc2c(cc1C)NC(c1ccc(-c3ccccc3)[nH]1)=CC(c1ccc(-c3ccccc3)[nH]1)=N2. The van der Waals surface area contributed by atoms with Gasteiger partial charge in [0.2, 0.25) is 0 Å². The highest BCUT2D eigenvalue weighted by Gasteiger charge is 2.17. The van der Waals surface area contributed by atoms with E-state index in [-0.39, 0.29) is 0 Å². The number of aromatic nitrogens is 2. The van der Waals surface area contributed by atoms with E-state index in [2.05, 4.69) is 120 Å². The molecule has 4 heteroatoms. The number of aryl methyl sites for hydroxylation is 2. The van der Waals surface area contributed by atoms with Crippen molar-refractivity contribution in [1.82, 2.24) is 9.97 Å². The number of H-pyrrole nitrogens is 2. The van der Waals surface area contributed by atoms with E-state index < -0.39 is 0 Å². The summed E-state index contributed by atoms with van der Waals surface area (Å²) in [7, 11) is 0. The smallest absolute Gasteiger partial charge is 0.0894 e. The van der Waals surface area contributed by atoms with Crippen LogP contribution in [0.5, 0.6) is 0 Å². The van der Waals surface area contributed by atoms with E-state index in [9.17, 15) is 0 Å². The first-order valence-corrected chi connectivity index (χ1v) is 11.8. The van der Waals surface area contributed by atoms with Crippen LogP contribution in [0.1, 0.15) is 22.5 Å². The standard InChI is InChI=1S/C31H26N4/c1-20-17-28-29(18-21(20)2)35-31(27-16-14-25(33-27)23-11-7-4-8-12-23)19-30(34-28)26-15-13-24(32-26)22-9-5-3-6-10-22/h3-19,32-34H,1-2H3. The zero-order valence-electron chi connectivity index (χ0n) is 19.8. The van der Waals surface area contributed by atoms with Crippen LogP contribution in [0, 0.1) is 13.8 Å². The normalized spacial score (nSPS) is 12.9. The summed E-state index contributed by atoms with van der Waals surface area (Å²) in [5.41, 5.74) is 12.7. The molecule has 0 unspecified atom stereocenters. The minimum atomic E-state index is 0.882. The lowest BCUT2D eigenvalue weighted by Crippen LogP contribution is -2.02. The lowest BCUT2D eigenvalue weighted by molar-refractivity contribution is 1.31. The van der Waals surface area contributed by atoms with Crippen molar-refractivity contribution in [2.45, 2.75) is 13.8 Å². The number of rotatable bonds is 4. The highest BCUT2D eigenvalue weighted by molar-refractivity contribution is 6.15. The van der Waals surface area contributed by atoms with Gasteiger partial charge in [-0.3, -0.25) is 0 Å². The Balaban J connectivity index is 1.45. The maximum absolute atomic E-state index is 5.09. The zero-order chi connectivity index (χ0) is 23.8. The Morgan fingerprint density at radius 3 is 1.77 bits per heavy atom. The lowest BCUT2D eigenvalue weighted by Gasteiger charge is -2.12. The fourth-order valence-electron chi connectivity index (χ4n) is 4.43. The molecule has 0 aliphatic carbocycles. The van der Waals surface area contributed by atoms with Gasteiger partial charge >= 0.3 is 0 Å². The van der Waals surface area contributed by atoms with Gasteiger partial charge in [0, 0.05) is 11.4 Å². The molecule has 1 aliphatic heterocycles. The Hall–Kier alpha value is -4.57. The van der Waals surface area contributed by atoms with E-state index >= 15 is 0 Å². The molecule has 6 rings (SSSR count). The van der Waals surface area contributed by atoms with Crippen molar-refractivity contribution in [3.63, 3.8) is 0 Å². The Labute approximate surface area is 205 Å². The van der Waals surface area contributed by atoms with Gasteiger partial charge in [-0.05, 0) is 78.6 Å². The second-order valence-electron chi connectivity index (χ2n) is 8.94. The van der Waals surface area contributed by atoms with Gasteiger partial charge in [0.1, 0.15) is 0 Å². The van der Waals surface area contributed by atoms with E-state index in [1.54, 1.807) is 0 Å². The molecule has 35 heavy (non-hydrogen) atoms. The quantitative estimate of drug-likeness (QED) is 0.254. The van der Waals surface area contributed by atoms with E-state index in [1.807, 2.05) is 12.1 Å². The predicted molar refractivity (Wildman–Crippen MR) is 146 cm³/mol. The predicted octanol–water partition coefficient (Wildman–Crippen LogP) is 7.88. The van der Waals surface area contributed by atoms with Gasteiger partial charge < -0.3 is 15.3 Å². The number of nitrogens with zero attached hydrogens (tertiary/aromatic N) is 1. The number of benzene rings is 3. The van der Waals surface area contributed by atoms with Crippen LogP contribution in [0.2, 0.25) is 0 Å². The fourth-order valence-corrected chi connectivity index (χ4v) is 4.43. The Bertz CT molecular complexity index is 1570. The number of fused-ring (bicyclic) bond motifs is 1. The molecule has 0 amide bonds. The second kappa shape index (κ2) is 8.65. The molecule has 1 aliphatic rings. The minimum absolute atomic E-state index is 0.882. The summed E-state index contributed by atoms with van der Waals surface area (Å²) >= 11 is 0. The molecular formula is C31H26N4. The molecule has 0 atom stereocenters. The van der Waals surface area contributed by atoms with Crippen LogP contribution in [0.15, 0.2) is 108 Å². The van der Waals surface area contributed by atoms with Crippen LogP contribution < -0.4 is 5.32 Å². The molecule has 170 valence electrons. The van der Waals surface area contributed by atoms with Crippen molar-refractivity contribution in [1.29, 1.82) is 0 Å². The molecule has 3 N–H and O–H groups in total. The van der Waals surface area contributed by atoms with Gasteiger partial charge in [0.25, 0.3) is 0 Å². The first-order valence-electron chi connectivity index (χ1n) is 11.8. The van der Waals surface area contributed by atoms with Crippen molar-refractivity contribution < 1.29 is 0 Å². The lowest BCUT2D eigenvalue weighted by atomic mass is 10.1. The Kier molecular flexibility index (Phi) is 5.19. The van der Waals surface area contributed by atoms with Crippen molar-refractivity contribution >= 4 is 22.8 Å². The van der Waals surface area contributed by atoms with E-state index in [1.165, 1.54) is 11.1 Å². The summed E-state index contributed by atoms with van der Waals surface area (Å²) in [6.45, 7) is 4.26. The van der Waals surface area contributed by atoms with Crippen LogP contribution in [0.4, 0.5) is 11.4 Å². The number of aromatic amines is 2. The highest BCUT2D eigenvalue weighted by Crippen LogP contribution is 2.35. The van der Waals surface area contributed by atoms with E-state index in [0.29, 0.717) is 0 Å². The number of aliphatic imine (C=N–C) groups is 1. The van der Waals surface area contributed by atoms with Gasteiger partial charge in [-0.1, -0.05) is 60.7 Å². The molecule has 2 aromatic heterocycles. The number of nitrogens with one attached hydrogen (secondary N) is 3. The van der Waals surface area contributed by atoms with Gasteiger partial charge in [-0.2, -0.15) is 0 Å². The number of hydrogen-bond acceptors (Lipinski definition) is 2. The second-order valence-corrected chi connectivity index (χ2v) is 8.94. The summed E-state index contributed by atoms with van der Waals surface area (Å²) in [6.07, 6.45) is 2.12. The monoisotopic (exact) mass is 454 g/mol. The third-order valence-corrected chi connectivity index (χ3v) is 6.51. The average Bonchev–Trinajstić information content (AvgIpc) is 3.54.